The standard InChI is InChI=1S/C30H34O10/c1-36-23-8-15(4-6-21(23)33)9-25-27(35)20(14-32)29(39-25)17-10-18-19(13-31)28(40-30(18)26(12-17)38-3)16-5-7-22(34)24(11-16)37-2/h4-8,10-12,19-20,25,27-29,31-35H,9,13-14H2,1-3H3/t19-,20-,25+,27-,28-,29+/m0/s1. The average molecular weight is 555 g/mol. The van der Waals surface area contributed by atoms with Gasteiger partial charge in [0, 0.05) is 17.9 Å². The molecule has 5 N–H and O–H groups in total. The molecule has 2 heterocycles. The normalized spacial score (nSPS) is 25.4. The number of methoxy groups -OCH3 is 3. The maximum absolute atomic E-state index is 11.1. The third-order valence-corrected chi connectivity index (χ3v) is 7.81. The maximum Gasteiger partial charge on any atom is 0.165 e. The van der Waals surface area contributed by atoms with E-state index in [4.69, 9.17) is 23.7 Å². The highest BCUT2D eigenvalue weighted by molar-refractivity contribution is 5.56. The zero-order valence-corrected chi connectivity index (χ0v) is 22.5. The van der Waals surface area contributed by atoms with Crippen molar-refractivity contribution in [2.75, 3.05) is 34.5 Å². The lowest BCUT2D eigenvalue weighted by Crippen LogP contribution is -2.30. The molecule has 0 unspecified atom stereocenters. The van der Waals surface area contributed by atoms with E-state index >= 15 is 0 Å². The van der Waals surface area contributed by atoms with Crippen molar-refractivity contribution in [1.82, 2.24) is 0 Å². The SMILES string of the molecule is COc1cc(C[C@H]2O[C@H](c3cc(OC)c4c(c3)[C@H](CO)[C@H](c3ccc(O)c(OC)c3)O4)[C@@H](CO)[C@@H]2O)ccc1O. The predicted molar refractivity (Wildman–Crippen MR) is 143 cm³/mol. The zero-order valence-electron chi connectivity index (χ0n) is 22.5. The van der Waals surface area contributed by atoms with Crippen LogP contribution in [0.2, 0.25) is 0 Å². The van der Waals surface area contributed by atoms with Crippen LogP contribution in [0, 0.1) is 5.92 Å². The maximum atomic E-state index is 11.1. The van der Waals surface area contributed by atoms with Gasteiger partial charge in [-0.1, -0.05) is 12.1 Å². The van der Waals surface area contributed by atoms with Crippen molar-refractivity contribution >= 4 is 0 Å². The highest BCUT2D eigenvalue weighted by atomic mass is 16.5. The smallest absolute Gasteiger partial charge is 0.165 e. The highest BCUT2D eigenvalue weighted by Gasteiger charge is 2.45. The predicted octanol–water partition coefficient (Wildman–Crippen LogP) is 2.99. The van der Waals surface area contributed by atoms with Crippen LogP contribution >= 0.6 is 0 Å². The monoisotopic (exact) mass is 554 g/mol. The Morgan fingerprint density at radius 2 is 1.40 bits per heavy atom. The molecule has 0 amide bonds. The molecular weight excluding hydrogens is 520 g/mol. The molecule has 10 nitrogen and oxygen atoms in total. The van der Waals surface area contributed by atoms with Gasteiger partial charge in [0.15, 0.2) is 34.5 Å². The lowest BCUT2D eigenvalue weighted by molar-refractivity contribution is 0.00964. The largest absolute Gasteiger partial charge is 0.504 e. The van der Waals surface area contributed by atoms with E-state index in [9.17, 15) is 25.5 Å². The molecule has 6 atom stereocenters. The first-order valence-corrected chi connectivity index (χ1v) is 13.0. The molecule has 0 aliphatic carbocycles. The van der Waals surface area contributed by atoms with Crippen LogP contribution < -0.4 is 18.9 Å². The molecule has 0 radical (unpaired) electrons. The Kier molecular flexibility index (Phi) is 7.95. The minimum Gasteiger partial charge on any atom is -0.504 e. The van der Waals surface area contributed by atoms with Gasteiger partial charge in [-0.25, -0.2) is 0 Å². The number of phenols is 2. The number of aliphatic hydroxyl groups excluding tert-OH is 3. The summed E-state index contributed by atoms with van der Waals surface area (Å²) < 4.78 is 28.7. The quantitative estimate of drug-likeness (QED) is 0.267. The molecule has 214 valence electrons. The minimum absolute atomic E-state index is 0.00513. The summed E-state index contributed by atoms with van der Waals surface area (Å²) in [7, 11) is 4.44. The van der Waals surface area contributed by atoms with Crippen LogP contribution in [-0.2, 0) is 11.2 Å². The summed E-state index contributed by atoms with van der Waals surface area (Å²) in [6.07, 6.45) is -2.48. The van der Waals surface area contributed by atoms with Crippen molar-refractivity contribution in [3.63, 3.8) is 0 Å². The third kappa shape index (κ3) is 4.88. The number of phenolic OH excluding ortho intramolecular Hbond substituents is 2. The molecule has 3 aromatic carbocycles. The first-order chi connectivity index (χ1) is 19.3. The number of aliphatic hydroxyl groups is 3. The van der Waals surface area contributed by atoms with Crippen molar-refractivity contribution in [3.8, 4) is 34.5 Å². The van der Waals surface area contributed by atoms with E-state index in [-0.39, 0.29) is 30.5 Å². The van der Waals surface area contributed by atoms with Crippen LogP contribution in [-0.4, -0.2) is 72.3 Å². The van der Waals surface area contributed by atoms with Gasteiger partial charge >= 0.3 is 0 Å². The van der Waals surface area contributed by atoms with Gasteiger partial charge in [-0.3, -0.25) is 0 Å². The second-order valence-electron chi connectivity index (χ2n) is 10.0. The van der Waals surface area contributed by atoms with Crippen molar-refractivity contribution < 1.29 is 49.2 Å². The molecule has 2 aliphatic heterocycles. The highest BCUT2D eigenvalue weighted by Crippen LogP contribution is 2.53. The van der Waals surface area contributed by atoms with Gasteiger partial charge in [0.1, 0.15) is 6.10 Å². The summed E-state index contributed by atoms with van der Waals surface area (Å²) in [6.45, 7) is -0.535. The zero-order chi connectivity index (χ0) is 28.6. The van der Waals surface area contributed by atoms with E-state index in [0.29, 0.717) is 40.4 Å². The minimum atomic E-state index is -0.962. The summed E-state index contributed by atoms with van der Waals surface area (Å²) in [4.78, 5) is 0. The molecule has 1 fully saturated rings. The number of aromatic hydroxyl groups is 2. The van der Waals surface area contributed by atoms with E-state index in [2.05, 4.69) is 0 Å². The second kappa shape index (κ2) is 11.4. The molecule has 2 aliphatic rings. The Labute approximate surface area is 231 Å². The van der Waals surface area contributed by atoms with Crippen molar-refractivity contribution in [2.45, 2.75) is 36.8 Å². The number of rotatable bonds is 9. The van der Waals surface area contributed by atoms with Crippen LogP contribution in [0.3, 0.4) is 0 Å². The summed E-state index contributed by atoms with van der Waals surface area (Å²) in [5.74, 6) is 0.456. The van der Waals surface area contributed by atoms with Crippen LogP contribution in [0.25, 0.3) is 0 Å². The first-order valence-electron chi connectivity index (χ1n) is 13.0. The Hall–Kier alpha value is -3.70. The molecule has 40 heavy (non-hydrogen) atoms. The van der Waals surface area contributed by atoms with E-state index in [0.717, 1.165) is 5.56 Å². The third-order valence-electron chi connectivity index (χ3n) is 7.81. The fraction of sp³-hybridized carbons (Fsp3) is 0.400. The van der Waals surface area contributed by atoms with Crippen molar-refractivity contribution in [1.29, 1.82) is 0 Å². The summed E-state index contributed by atoms with van der Waals surface area (Å²) in [5.41, 5.74) is 2.88. The van der Waals surface area contributed by atoms with Crippen molar-refractivity contribution in [2.24, 2.45) is 5.92 Å². The fourth-order valence-electron chi connectivity index (χ4n) is 5.71. The van der Waals surface area contributed by atoms with Crippen molar-refractivity contribution in [3.05, 3.63) is 70.8 Å². The number of hydrogen-bond acceptors (Lipinski definition) is 10. The van der Waals surface area contributed by atoms with Gasteiger partial charge in [-0.2, -0.15) is 0 Å². The fourth-order valence-corrected chi connectivity index (χ4v) is 5.71. The van der Waals surface area contributed by atoms with Gasteiger partial charge in [0.25, 0.3) is 0 Å². The van der Waals surface area contributed by atoms with Gasteiger partial charge in [0.05, 0.1) is 58.8 Å². The molecular formula is C30H34O10. The van der Waals surface area contributed by atoms with E-state index < -0.39 is 36.3 Å². The lowest BCUT2D eigenvalue weighted by atomic mass is 9.87. The summed E-state index contributed by atoms with van der Waals surface area (Å²) in [6, 6.07) is 13.5. The molecule has 0 saturated carbocycles. The molecule has 10 heteroatoms. The summed E-state index contributed by atoms with van der Waals surface area (Å²) in [5, 5.41) is 51.7. The van der Waals surface area contributed by atoms with Gasteiger partial charge in [0.2, 0.25) is 0 Å². The number of ether oxygens (including phenoxy) is 5. The van der Waals surface area contributed by atoms with E-state index in [1.165, 1.54) is 33.5 Å². The van der Waals surface area contributed by atoms with Crippen LogP contribution in [0.5, 0.6) is 34.5 Å². The molecule has 5 rings (SSSR count). The molecule has 0 aromatic heterocycles. The first kappa shape index (κ1) is 27.9. The topological polar surface area (TPSA) is 147 Å². The van der Waals surface area contributed by atoms with Gasteiger partial charge in [-0.15, -0.1) is 0 Å². The average Bonchev–Trinajstić information content (AvgIpc) is 3.50. The molecule has 3 aromatic rings. The Morgan fingerprint density at radius 1 is 0.750 bits per heavy atom. The van der Waals surface area contributed by atoms with Crippen LogP contribution in [0.4, 0.5) is 0 Å². The molecule has 1 saturated heterocycles. The van der Waals surface area contributed by atoms with Crippen LogP contribution in [0.1, 0.15) is 40.4 Å². The van der Waals surface area contributed by atoms with E-state index in [1.807, 2.05) is 6.07 Å². The Morgan fingerprint density at radius 3 is 2.05 bits per heavy atom. The Bertz CT molecular complexity index is 1360. The van der Waals surface area contributed by atoms with Gasteiger partial charge < -0.3 is 49.2 Å². The molecule has 0 spiro atoms. The van der Waals surface area contributed by atoms with Gasteiger partial charge in [-0.05, 0) is 53.1 Å². The van der Waals surface area contributed by atoms with Crippen LogP contribution in [0.15, 0.2) is 48.5 Å². The second-order valence-corrected chi connectivity index (χ2v) is 10.0. The number of benzene rings is 3. The van der Waals surface area contributed by atoms with E-state index in [1.54, 1.807) is 30.3 Å². The number of hydrogen-bond donors (Lipinski definition) is 5. The molecule has 0 bridgehead atoms. The lowest BCUT2D eigenvalue weighted by Gasteiger charge is -2.20. The Balaban J connectivity index is 1.46. The summed E-state index contributed by atoms with van der Waals surface area (Å²) >= 11 is 0. The number of fused-ring (bicyclic) bond motifs is 1.